The van der Waals surface area contributed by atoms with E-state index in [1.807, 2.05) is 24.3 Å². The van der Waals surface area contributed by atoms with Gasteiger partial charge < -0.3 is 9.13 Å². The van der Waals surface area contributed by atoms with Gasteiger partial charge in [-0.1, -0.05) is 140 Å². The lowest BCUT2D eigenvalue weighted by Gasteiger charge is -2.12. The van der Waals surface area contributed by atoms with Crippen molar-refractivity contribution in [1.82, 2.24) is 19.1 Å². The van der Waals surface area contributed by atoms with E-state index in [0.717, 1.165) is 56.0 Å². The first-order chi connectivity index (χ1) is 29.7. The Bertz CT molecular complexity index is 3570. The minimum atomic E-state index is 0.724. The van der Waals surface area contributed by atoms with Crippen molar-refractivity contribution in [2.75, 3.05) is 0 Å². The SMILES string of the molecule is c1ccc(-c2nc(-c3ccccc3)c3cc(-c4ccc5c(c4)c4cc(-c6ccc7c(c6)c6ccccc6n7-c6ccccc6)ccc4n5-c4ccccc4)ccc3n2)cc1. The predicted octanol–water partition coefficient (Wildman–Crippen LogP) is 14.5. The highest BCUT2D eigenvalue weighted by Crippen LogP contribution is 2.40. The Labute approximate surface area is 346 Å². The van der Waals surface area contributed by atoms with Crippen LogP contribution in [0.1, 0.15) is 0 Å². The summed E-state index contributed by atoms with van der Waals surface area (Å²) in [5.41, 5.74) is 15.6. The maximum absolute atomic E-state index is 5.18. The third kappa shape index (κ3) is 5.53. The van der Waals surface area contributed by atoms with E-state index in [1.54, 1.807) is 0 Å². The largest absolute Gasteiger partial charge is 0.309 e. The normalized spacial score (nSPS) is 11.7. The molecule has 0 aliphatic rings. The van der Waals surface area contributed by atoms with Gasteiger partial charge >= 0.3 is 0 Å². The summed E-state index contributed by atoms with van der Waals surface area (Å²) in [7, 11) is 0. The number of fused-ring (bicyclic) bond motifs is 7. The molecule has 9 aromatic carbocycles. The topological polar surface area (TPSA) is 35.6 Å². The summed E-state index contributed by atoms with van der Waals surface area (Å²) in [4.78, 5) is 10.2. The maximum atomic E-state index is 5.18. The zero-order valence-electron chi connectivity index (χ0n) is 32.6. The van der Waals surface area contributed by atoms with Gasteiger partial charge in [-0.15, -0.1) is 0 Å². The van der Waals surface area contributed by atoms with E-state index < -0.39 is 0 Å². The minimum absolute atomic E-state index is 0.724. The van der Waals surface area contributed by atoms with E-state index in [2.05, 4.69) is 203 Å². The second-order valence-corrected chi connectivity index (χ2v) is 15.4. The Morgan fingerprint density at radius 2 is 0.667 bits per heavy atom. The van der Waals surface area contributed by atoms with Crippen molar-refractivity contribution < 1.29 is 0 Å². The molecule has 0 spiro atoms. The van der Waals surface area contributed by atoms with Gasteiger partial charge in [0.1, 0.15) is 0 Å². The second kappa shape index (κ2) is 13.8. The third-order valence-corrected chi connectivity index (χ3v) is 11.9. The maximum Gasteiger partial charge on any atom is 0.160 e. The molecule has 3 heterocycles. The van der Waals surface area contributed by atoms with Gasteiger partial charge in [0.05, 0.1) is 33.3 Å². The van der Waals surface area contributed by atoms with Crippen LogP contribution in [0.25, 0.3) is 111 Å². The average Bonchev–Trinajstić information content (AvgIpc) is 3.84. The van der Waals surface area contributed by atoms with Gasteiger partial charge in [-0.3, -0.25) is 0 Å². The molecule has 4 nitrogen and oxygen atoms in total. The van der Waals surface area contributed by atoms with Crippen LogP contribution in [0.5, 0.6) is 0 Å². The van der Waals surface area contributed by atoms with E-state index in [4.69, 9.17) is 9.97 Å². The second-order valence-electron chi connectivity index (χ2n) is 15.4. The molecular formula is C56H36N4. The fraction of sp³-hybridized carbons (Fsp3) is 0. The fourth-order valence-corrected chi connectivity index (χ4v) is 9.09. The highest BCUT2D eigenvalue weighted by molar-refractivity contribution is 6.13. The molecular weight excluding hydrogens is 729 g/mol. The number of benzene rings is 9. The number of hydrogen-bond donors (Lipinski definition) is 0. The van der Waals surface area contributed by atoms with Gasteiger partial charge in [0, 0.05) is 49.4 Å². The summed E-state index contributed by atoms with van der Waals surface area (Å²) >= 11 is 0. The number of para-hydroxylation sites is 3. The van der Waals surface area contributed by atoms with Crippen LogP contribution >= 0.6 is 0 Å². The summed E-state index contributed by atoms with van der Waals surface area (Å²) in [6, 6.07) is 78.1. The van der Waals surface area contributed by atoms with E-state index in [9.17, 15) is 0 Å². The number of aromatic nitrogens is 4. The van der Waals surface area contributed by atoms with Crippen molar-refractivity contribution >= 4 is 54.5 Å². The standard InChI is InChI=1S/C56H36N4/c1-5-15-37(16-6-1)55-49-36-39(25-29-50(49)57-56(58-55)38-17-7-2-8-18-38)41-27-31-53-47(34-41)48-35-42(28-32-54(48)60(53)44-21-11-4-12-22-44)40-26-30-52-46(33-40)45-23-13-14-24-51(45)59(52)43-19-9-3-10-20-43/h1-36H. The van der Waals surface area contributed by atoms with Crippen LogP contribution in [0.2, 0.25) is 0 Å². The average molecular weight is 765 g/mol. The first-order valence-electron chi connectivity index (χ1n) is 20.4. The van der Waals surface area contributed by atoms with Gasteiger partial charge in [0.2, 0.25) is 0 Å². The first kappa shape index (κ1) is 34.0. The molecule has 0 radical (unpaired) electrons. The number of nitrogens with zero attached hydrogens (tertiary/aromatic N) is 4. The molecule has 0 fully saturated rings. The van der Waals surface area contributed by atoms with Crippen molar-refractivity contribution in [2.24, 2.45) is 0 Å². The van der Waals surface area contributed by atoms with Gasteiger partial charge in [-0.05, 0) is 101 Å². The quantitative estimate of drug-likeness (QED) is 0.169. The van der Waals surface area contributed by atoms with Gasteiger partial charge in [0.25, 0.3) is 0 Å². The molecule has 0 aliphatic carbocycles. The molecule has 0 N–H and O–H groups in total. The van der Waals surface area contributed by atoms with E-state index >= 15 is 0 Å². The number of rotatable bonds is 6. The summed E-state index contributed by atoms with van der Waals surface area (Å²) in [6.45, 7) is 0. The lowest BCUT2D eigenvalue weighted by molar-refractivity contribution is 1.18. The van der Waals surface area contributed by atoms with Gasteiger partial charge in [-0.25, -0.2) is 9.97 Å². The molecule has 0 bridgehead atoms. The Hall–Kier alpha value is -8.08. The molecule has 12 aromatic rings. The smallest absolute Gasteiger partial charge is 0.160 e. The van der Waals surface area contributed by atoms with Crippen molar-refractivity contribution in [2.45, 2.75) is 0 Å². The molecule has 12 rings (SSSR count). The minimum Gasteiger partial charge on any atom is -0.309 e. The Morgan fingerprint density at radius 3 is 1.20 bits per heavy atom. The third-order valence-electron chi connectivity index (χ3n) is 11.9. The molecule has 0 saturated carbocycles. The van der Waals surface area contributed by atoms with Crippen LogP contribution in [0.15, 0.2) is 218 Å². The van der Waals surface area contributed by atoms with Crippen LogP contribution in [0.4, 0.5) is 0 Å². The van der Waals surface area contributed by atoms with Crippen molar-refractivity contribution in [3.05, 3.63) is 218 Å². The molecule has 0 aliphatic heterocycles. The highest BCUT2D eigenvalue weighted by Gasteiger charge is 2.18. The summed E-state index contributed by atoms with van der Waals surface area (Å²) < 4.78 is 4.76. The van der Waals surface area contributed by atoms with Crippen LogP contribution in [-0.2, 0) is 0 Å². The summed E-state index contributed by atoms with van der Waals surface area (Å²) in [6.07, 6.45) is 0. The predicted molar refractivity (Wildman–Crippen MR) is 250 cm³/mol. The fourth-order valence-electron chi connectivity index (χ4n) is 9.09. The molecule has 0 atom stereocenters. The molecule has 0 unspecified atom stereocenters. The highest BCUT2D eigenvalue weighted by atomic mass is 15.0. The lowest BCUT2D eigenvalue weighted by Crippen LogP contribution is -1.95. The molecule has 0 saturated heterocycles. The summed E-state index contributed by atoms with van der Waals surface area (Å²) in [5.74, 6) is 0.724. The van der Waals surface area contributed by atoms with Crippen molar-refractivity contribution in [1.29, 1.82) is 0 Å². The van der Waals surface area contributed by atoms with Crippen LogP contribution in [0, 0.1) is 0 Å². The Kier molecular flexibility index (Phi) is 7.82. The van der Waals surface area contributed by atoms with Crippen molar-refractivity contribution in [3.8, 4) is 56.3 Å². The van der Waals surface area contributed by atoms with Gasteiger partial charge in [0.15, 0.2) is 5.82 Å². The summed E-state index contributed by atoms with van der Waals surface area (Å²) in [5, 5.41) is 5.93. The van der Waals surface area contributed by atoms with Gasteiger partial charge in [-0.2, -0.15) is 0 Å². The molecule has 3 aromatic heterocycles. The van der Waals surface area contributed by atoms with E-state index in [1.165, 1.54) is 54.7 Å². The van der Waals surface area contributed by atoms with E-state index in [-0.39, 0.29) is 0 Å². The zero-order chi connectivity index (χ0) is 39.6. The monoisotopic (exact) mass is 764 g/mol. The Morgan fingerprint density at radius 1 is 0.267 bits per heavy atom. The van der Waals surface area contributed by atoms with Crippen LogP contribution < -0.4 is 0 Å². The lowest BCUT2D eigenvalue weighted by atomic mass is 9.97. The molecule has 4 heteroatoms. The number of hydrogen-bond acceptors (Lipinski definition) is 2. The van der Waals surface area contributed by atoms with Crippen LogP contribution in [-0.4, -0.2) is 19.1 Å². The Balaban J connectivity index is 1.04. The first-order valence-corrected chi connectivity index (χ1v) is 20.4. The molecule has 280 valence electrons. The molecule has 60 heavy (non-hydrogen) atoms. The zero-order valence-corrected chi connectivity index (χ0v) is 32.6. The van der Waals surface area contributed by atoms with Crippen LogP contribution in [0.3, 0.4) is 0 Å². The van der Waals surface area contributed by atoms with E-state index in [0.29, 0.717) is 0 Å². The molecule has 0 amide bonds. The van der Waals surface area contributed by atoms with Crippen molar-refractivity contribution in [3.63, 3.8) is 0 Å².